The van der Waals surface area contributed by atoms with Crippen LogP contribution in [-0.4, -0.2) is 15.5 Å². The molecule has 2 aromatic heterocycles. The van der Waals surface area contributed by atoms with Crippen LogP contribution in [0, 0.1) is 12.7 Å². The van der Waals surface area contributed by atoms with Crippen molar-refractivity contribution in [2.45, 2.75) is 19.9 Å². The Morgan fingerprint density at radius 2 is 1.83 bits per heavy atom. The lowest BCUT2D eigenvalue weighted by atomic mass is 10.0. The number of nitrogens with one attached hydrogen (secondary N) is 1. The van der Waals surface area contributed by atoms with Gasteiger partial charge in [-0.25, -0.2) is 9.37 Å². The number of anilines is 1. The number of hydrogen-bond acceptors (Lipinski definition) is 4. The third-order valence-corrected chi connectivity index (χ3v) is 6.40. The highest BCUT2D eigenvalue weighted by atomic mass is 79.9. The molecule has 0 saturated carbocycles. The molecule has 0 aliphatic carbocycles. The maximum atomic E-state index is 13.3. The van der Waals surface area contributed by atoms with E-state index in [1.54, 1.807) is 6.92 Å². The van der Waals surface area contributed by atoms with E-state index in [1.807, 2.05) is 31.2 Å². The van der Waals surface area contributed by atoms with Gasteiger partial charge >= 0.3 is 0 Å². The Bertz CT molecular complexity index is 1300. The average molecular weight is 486 g/mol. The third kappa shape index (κ3) is 3.80. The molecule has 5 nitrogen and oxygen atoms in total. The first-order chi connectivity index (χ1) is 14.3. The lowest BCUT2D eigenvalue weighted by Gasteiger charge is -2.15. The number of carbonyl (C=O) groups excluding carboxylic acids is 1. The smallest absolute Gasteiger partial charge is 0.263 e. The Kier molecular flexibility index (Phi) is 5.53. The van der Waals surface area contributed by atoms with Crippen LogP contribution in [0.25, 0.3) is 21.3 Å². The third-order valence-electron chi connectivity index (χ3n) is 4.85. The molecule has 0 saturated heterocycles. The summed E-state index contributed by atoms with van der Waals surface area (Å²) in [5.74, 6) is -0.776. The minimum atomic E-state index is -0.794. The lowest BCUT2D eigenvalue weighted by molar-refractivity contribution is -0.118. The van der Waals surface area contributed by atoms with Crippen molar-refractivity contribution in [3.8, 4) is 11.1 Å². The number of hydrogen-bond donors (Lipinski definition) is 1. The van der Waals surface area contributed by atoms with Gasteiger partial charge in [-0.15, -0.1) is 11.3 Å². The fourth-order valence-corrected chi connectivity index (χ4v) is 4.53. The zero-order valence-corrected chi connectivity index (χ0v) is 18.6. The Hall–Kier alpha value is -2.84. The van der Waals surface area contributed by atoms with Crippen LogP contribution in [0.3, 0.4) is 0 Å². The SMILES string of the molecule is Cc1sc2ncn(C(C)C(=O)Nc3ccc(F)cc3)c(=O)c2c1-c1ccc(Br)cc1. The molecule has 1 N–H and O–H groups in total. The van der Waals surface area contributed by atoms with E-state index in [9.17, 15) is 14.0 Å². The number of amides is 1. The molecule has 0 bridgehead atoms. The van der Waals surface area contributed by atoms with Crippen LogP contribution >= 0.6 is 27.3 Å². The predicted molar refractivity (Wildman–Crippen MR) is 121 cm³/mol. The second-order valence-electron chi connectivity index (χ2n) is 6.85. The molecule has 8 heteroatoms. The topological polar surface area (TPSA) is 64.0 Å². The van der Waals surface area contributed by atoms with Crippen LogP contribution in [0.1, 0.15) is 17.8 Å². The largest absolute Gasteiger partial charge is 0.324 e. The van der Waals surface area contributed by atoms with Crippen molar-refractivity contribution in [2.75, 3.05) is 5.32 Å². The number of benzene rings is 2. The normalized spacial score (nSPS) is 12.1. The summed E-state index contributed by atoms with van der Waals surface area (Å²) in [6.07, 6.45) is 1.40. The van der Waals surface area contributed by atoms with Gasteiger partial charge in [-0.2, -0.15) is 0 Å². The van der Waals surface area contributed by atoms with Crippen LogP contribution in [0.2, 0.25) is 0 Å². The van der Waals surface area contributed by atoms with E-state index in [2.05, 4.69) is 26.2 Å². The number of aryl methyl sites for hydroxylation is 1. The minimum absolute atomic E-state index is 0.274. The first kappa shape index (κ1) is 20.4. The molecular weight excluding hydrogens is 469 g/mol. The van der Waals surface area contributed by atoms with Crippen LogP contribution in [-0.2, 0) is 4.79 Å². The molecule has 1 unspecified atom stereocenters. The van der Waals surface area contributed by atoms with E-state index in [1.165, 1.54) is 46.5 Å². The summed E-state index contributed by atoms with van der Waals surface area (Å²) >= 11 is 4.88. The molecule has 4 rings (SSSR count). The van der Waals surface area contributed by atoms with Crippen molar-refractivity contribution in [2.24, 2.45) is 0 Å². The standard InChI is InChI=1S/C22H17BrFN3O2S/c1-12(20(28)26-17-9-7-16(24)8-10-17)27-11-25-21-19(22(27)29)18(13(2)30-21)14-3-5-15(23)6-4-14/h3-12H,1-2H3,(H,26,28). The molecule has 0 spiro atoms. The quantitative estimate of drug-likeness (QED) is 0.412. The second kappa shape index (κ2) is 8.12. The highest BCUT2D eigenvalue weighted by Gasteiger charge is 2.22. The van der Waals surface area contributed by atoms with E-state index in [4.69, 9.17) is 0 Å². The molecule has 152 valence electrons. The Morgan fingerprint density at radius 1 is 1.17 bits per heavy atom. The molecule has 1 atom stereocenters. The summed E-state index contributed by atoms with van der Waals surface area (Å²) in [5.41, 5.74) is 1.93. The Balaban J connectivity index is 1.74. The van der Waals surface area contributed by atoms with Crippen molar-refractivity contribution in [3.63, 3.8) is 0 Å². The van der Waals surface area contributed by atoms with Gasteiger partial charge in [0.2, 0.25) is 5.91 Å². The predicted octanol–water partition coefficient (Wildman–Crippen LogP) is 5.53. The first-order valence-electron chi connectivity index (χ1n) is 9.18. The fraction of sp³-hybridized carbons (Fsp3) is 0.136. The molecule has 2 heterocycles. The van der Waals surface area contributed by atoms with Crippen molar-refractivity contribution in [3.05, 3.63) is 80.4 Å². The van der Waals surface area contributed by atoms with Crippen molar-refractivity contribution < 1.29 is 9.18 Å². The number of fused-ring (bicyclic) bond motifs is 1. The van der Waals surface area contributed by atoms with Crippen LogP contribution < -0.4 is 10.9 Å². The highest BCUT2D eigenvalue weighted by molar-refractivity contribution is 9.10. The summed E-state index contributed by atoms with van der Waals surface area (Å²) in [4.78, 5) is 32.1. The van der Waals surface area contributed by atoms with E-state index < -0.39 is 6.04 Å². The van der Waals surface area contributed by atoms with E-state index in [0.29, 0.717) is 15.9 Å². The van der Waals surface area contributed by atoms with Crippen LogP contribution in [0.4, 0.5) is 10.1 Å². The van der Waals surface area contributed by atoms with Gasteiger partial charge < -0.3 is 5.32 Å². The molecule has 4 aromatic rings. The van der Waals surface area contributed by atoms with Crippen molar-refractivity contribution in [1.29, 1.82) is 0 Å². The van der Waals surface area contributed by atoms with E-state index in [-0.39, 0.29) is 17.3 Å². The van der Waals surface area contributed by atoms with Crippen LogP contribution in [0.15, 0.2) is 64.1 Å². The van der Waals surface area contributed by atoms with Gasteiger partial charge in [0.15, 0.2) is 0 Å². The number of thiophene rings is 1. The van der Waals surface area contributed by atoms with Gasteiger partial charge in [0.25, 0.3) is 5.56 Å². The molecule has 0 fully saturated rings. The number of nitrogens with zero attached hydrogens (tertiary/aromatic N) is 2. The van der Waals surface area contributed by atoms with Crippen LogP contribution in [0.5, 0.6) is 0 Å². The maximum Gasteiger partial charge on any atom is 0.263 e. The summed E-state index contributed by atoms with van der Waals surface area (Å²) in [5, 5.41) is 3.21. The zero-order chi connectivity index (χ0) is 21.4. The van der Waals surface area contributed by atoms with Crippen molar-refractivity contribution in [1.82, 2.24) is 9.55 Å². The van der Waals surface area contributed by atoms with Crippen molar-refractivity contribution >= 4 is 49.1 Å². The van der Waals surface area contributed by atoms with Gasteiger partial charge in [-0.3, -0.25) is 14.2 Å². The van der Waals surface area contributed by atoms with Gasteiger partial charge in [0.1, 0.15) is 16.7 Å². The number of aromatic nitrogens is 2. The first-order valence-corrected chi connectivity index (χ1v) is 10.8. The Labute approximate surface area is 184 Å². The number of rotatable bonds is 4. The lowest BCUT2D eigenvalue weighted by Crippen LogP contribution is -2.31. The minimum Gasteiger partial charge on any atom is -0.324 e. The zero-order valence-electron chi connectivity index (χ0n) is 16.1. The van der Waals surface area contributed by atoms with Gasteiger partial charge in [0.05, 0.1) is 11.7 Å². The monoisotopic (exact) mass is 485 g/mol. The Morgan fingerprint density at radius 3 is 2.50 bits per heavy atom. The molecule has 2 aromatic carbocycles. The molecule has 30 heavy (non-hydrogen) atoms. The van der Waals surface area contributed by atoms with Gasteiger partial charge in [0, 0.05) is 20.6 Å². The summed E-state index contributed by atoms with van der Waals surface area (Å²) in [6.45, 7) is 3.59. The highest BCUT2D eigenvalue weighted by Crippen LogP contribution is 2.36. The number of halogens is 2. The van der Waals surface area contributed by atoms with E-state index >= 15 is 0 Å². The summed E-state index contributed by atoms with van der Waals surface area (Å²) in [6, 6.07) is 12.4. The molecular formula is C22H17BrFN3O2S. The fourth-order valence-electron chi connectivity index (χ4n) is 3.26. The average Bonchev–Trinajstić information content (AvgIpc) is 3.07. The molecule has 0 aliphatic heterocycles. The second-order valence-corrected chi connectivity index (χ2v) is 8.97. The molecule has 0 radical (unpaired) electrons. The molecule has 1 amide bonds. The van der Waals surface area contributed by atoms with E-state index in [0.717, 1.165) is 20.5 Å². The van der Waals surface area contributed by atoms with Gasteiger partial charge in [-0.1, -0.05) is 28.1 Å². The molecule has 0 aliphatic rings. The van der Waals surface area contributed by atoms with Gasteiger partial charge in [-0.05, 0) is 55.8 Å². The maximum absolute atomic E-state index is 13.3. The summed E-state index contributed by atoms with van der Waals surface area (Å²) < 4.78 is 15.4. The number of carbonyl (C=O) groups is 1. The summed E-state index contributed by atoms with van der Waals surface area (Å²) in [7, 11) is 0.